The fourth-order valence-electron chi connectivity index (χ4n) is 2.92. The third-order valence-electron chi connectivity index (χ3n) is 4.53. The first-order chi connectivity index (χ1) is 14.0. The molecular weight excluding hydrogens is 366 g/mol. The Bertz CT molecular complexity index is 959. The minimum Gasteiger partial charge on any atom is -0.477 e. The quantitative estimate of drug-likeness (QED) is 0.367. The zero-order valence-corrected chi connectivity index (χ0v) is 16.7. The number of aromatic nitrogens is 2. The van der Waals surface area contributed by atoms with Gasteiger partial charge in [0.15, 0.2) is 5.82 Å². The van der Waals surface area contributed by atoms with E-state index in [0.717, 1.165) is 25.0 Å². The maximum Gasteiger partial charge on any atom is 0.270 e. The van der Waals surface area contributed by atoms with Gasteiger partial charge in [-0.15, -0.1) is 0 Å². The number of hydrogen-bond donors (Lipinski definition) is 0. The van der Waals surface area contributed by atoms with Crippen LogP contribution >= 0.6 is 0 Å². The number of rotatable bonds is 9. The van der Waals surface area contributed by atoms with Crippen LogP contribution in [-0.2, 0) is 12.8 Å². The molecule has 6 nitrogen and oxygen atoms in total. The smallest absolute Gasteiger partial charge is 0.270 e. The van der Waals surface area contributed by atoms with Crippen LogP contribution in [0.5, 0.6) is 5.88 Å². The van der Waals surface area contributed by atoms with Crippen LogP contribution in [0.2, 0.25) is 0 Å². The van der Waals surface area contributed by atoms with Gasteiger partial charge in [0.25, 0.3) is 5.69 Å². The number of non-ortho nitro benzene ring substituents is 1. The van der Waals surface area contributed by atoms with E-state index < -0.39 is 4.92 Å². The summed E-state index contributed by atoms with van der Waals surface area (Å²) in [6.07, 6.45) is 2.57. The van der Waals surface area contributed by atoms with Gasteiger partial charge in [0, 0.05) is 35.9 Å². The number of nitrogens with zero attached hydrogens (tertiary/aromatic N) is 3. The number of nitro groups is 1. The van der Waals surface area contributed by atoms with E-state index in [2.05, 4.69) is 35.9 Å². The predicted molar refractivity (Wildman–Crippen MR) is 113 cm³/mol. The Labute approximate surface area is 170 Å². The molecule has 0 saturated carbocycles. The van der Waals surface area contributed by atoms with Crippen molar-refractivity contribution in [1.82, 2.24) is 9.97 Å². The normalized spacial score (nSPS) is 10.9. The highest BCUT2D eigenvalue weighted by Gasteiger charge is 2.12. The van der Waals surface area contributed by atoms with Gasteiger partial charge in [0.1, 0.15) is 0 Å². The van der Waals surface area contributed by atoms with Gasteiger partial charge >= 0.3 is 0 Å². The SMILES string of the molecule is CC(C)CCc1cc(OCCc2ccccc2)nc(-c2cccc([N+](=O)[O-])c2)n1. The molecule has 0 fully saturated rings. The molecule has 0 unspecified atom stereocenters. The van der Waals surface area contributed by atoms with Gasteiger partial charge in [-0.05, 0) is 24.3 Å². The topological polar surface area (TPSA) is 78.2 Å². The van der Waals surface area contributed by atoms with E-state index in [-0.39, 0.29) is 5.69 Å². The molecule has 150 valence electrons. The summed E-state index contributed by atoms with van der Waals surface area (Å²) in [4.78, 5) is 19.8. The van der Waals surface area contributed by atoms with Crippen molar-refractivity contribution in [3.8, 4) is 17.3 Å². The molecule has 3 aromatic rings. The molecule has 0 aliphatic rings. The molecule has 0 amide bonds. The summed E-state index contributed by atoms with van der Waals surface area (Å²) in [5.74, 6) is 1.49. The predicted octanol–water partition coefficient (Wildman–Crippen LogP) is 5.26. The van der Waals surface area contributed by atoms with Crippen molar-refractivity contribution in [1.29, 1.82) is 0 Å². The van der Waals surface area contributed by atoms with Gasteiger partial charge in [0.05, 0.1) is 11.5 Å². The molecule has 6 heteroatoms. The summed E-state index contributed by atoms with van der Waals surface area (Å²) in [6.45, 7) is 4.83. The first-order valence-electron chi connectivity index (χ1n) is 9.81. The van der Waals surface area contributed by atoms with Crippen LogP contribution < -0.4 is 4.74 Å². The van der Waals surface area contributed by atoms with Crippen LogP contribution in [0.25, 0.3) is 11.4 Å². The Kier molecular flexibility index (Phi) is 6.89. The van der Waals surface area contributed by atoms with E-state index in [4.69, 9.17) is 4.74 Å². The molecule has 0 saturated heterocycles. The van der Waals surface area contributed by atoms with Crippen LogP contribution in [0.1, 0.15) is 31.5 Å². The number of hydrogen-bond acceptors (Lipinski definition) is 5. The molecule has 0 aliphatic heterocycles. The molecule has 0 aliphatic carbocycles. The zero-order chi connectivity index (χ0) is 20.6. The average Bonchev–Trinajstić information content (AvgIpc) is 2.73. The molecule has 29 heavy (non-hydrogen) atoms. The van der Waals surface area contributed by atoms with Crippen LogP contribution in [0.3, 0.4) is 0 Å². The van der Waals surface area contributed by atoms with Crippen molar-refractivity contribution in [2.45, 2.75) is 33.1 Å². The molecule has 2 aromatic carbocycles. The number of benzene rings is 2. The Morgan fingerprint density at radius 2 is 1.79 bits per heavy atom. The standard InChI is InChI=1S/C23H25N3O3/c1-17(2)11-12-20-16-22(29-14-13-18-7-4-3-5-8-18)25-23(24-20)19-9-6-10-21(15-19)26(27)28/h3-10,15-17H,11-14H2,1-2H3. The molecule has 0 bridgehead atoms. The van der Waals surface area contributed by atoms with Gasteiger partial charge in [0.2, 0.25) is 5.88 Å². The number of nitro benzene ring substituents is 1. The number of aryl methyl sites for hydroxylation is 1. The van der Waals surface area contributed by atoms with E-state index in [1.54, 1.807) is 12.1 Å². The summed E-state index contributed by atoms with van der Waals surface area (Å²) >= 11 is 0. The highest BCUT2D eigenvalue weighted by Crippen LogP contribution is 2.24. The molecule has 0 radical (unpaired) electrons. The molecular formula is C23H25N3O3. The second-order valence-corrected chi connectivity index (χ2v) is 7.35. The van der Waals surface area contributed by atoms with Crippen molar-refractivity contribution >= 4 is 5.69 Å². The fourth-order valence-corrected chi connectivity index (χ4v) is 2.92. The van der Waals surface area contributed by atoms with Gasteiger partial charge in [-0.1, -0.05) is 56.3 Å². The minimum absolute atomic E-state index is 0.0187. The Hall–Kier alpha value is -3.28. The molecule has 1 aromatic heterocycles. The minimum atomic E-state index is -0.413. The monoisotopic (exact) mass is 391 g/mol. The largest absolute Gasteiger partial charge is 0.477 e. The van der Waals surface area contributed by atoms with Gasteiger partial charge in [-0.3, -0.25) is 10.1 Å². The van der Waals surface area contributed by atoms with Crippen molar-refractivity contribution in [3.63, 3.8) is 0 Å². The van der Waals surface area contributed by atoms with Crippen molar-refractivity contribution < 1.29 is 9.66 Å². The maximum absolute atomic E-state index is 11.1. The summed E-state index contributed by atoms with van der Waals surface area (Å²) < 4.78 is 5.91. The molecule has 3 rings (SSSR count). The maximum atomic E-state index is 11.1. The van der Waals surface area contributed by atoms with Crippen molar-refractivity contribution in [2.75, 3.05) is 6.61 Å². The van der Waals surface area contributed by atoms with E-state index in [1.807, 2.05) is 24.3 Å². The zero-order valence-electron chi connectivity index (χ0n) is 16.7. The van der Waals surface area contributed by atoms with Gasteiger partial charge in [-0.2, -0.15) is 4.98 Å². The van der Waals surface area contributed by atoms with Crippen LogP contribution in [0.15, 0.2) is 60.7 Å². The second-order valence-electron chi connectivity index (χ2n) is 7.35. The van der Waals surface area contributed by atoms with E-state index in [9.17, 15) is 10.1 Å². The Morgan fingerprint density at radius 3 is 2.52 bits per heavy atom. The van der Waals surface area contributed by atoms with E-state index >= 15 is 0 Å². The first kappa shape index (κ1) is 20.5. The van der Waals surface area contributed by atoms with Gasteiger partial charge < -0.3 is 4.74 Å². The lowest BCUT2D eigenvalue weighted by molar-refractivity contribution is -0.384. The van der Waals surface area contributed by atoms with E-state index in [0.29, 0.717) is 29.8 Å². The van der Waals surface area contributed by atoms with Crippen LogP contribution in [0.4, 0.5) is 5.69 Å². The summed E-state index contributed by atoms with van der Waals surface area (Å²) in [5.41, 5.74) is 2.70. The van der Waals surface area contributed by atoms with E-state index in [1.165, 1.54) is 17.7 Å². The third kappa shape index (κ3) is 6.10. The lowest BCUT2D eigenvalue weighted by Gasteiger charge is -2.11. The second kappa shape index (κ2) is 9.78. The van der Waals surface area contributed by atoms with Crippen molar-refractivity contribution in [3.05, 3.63) is 82.0 Å². The average molecular weight is 391 g/mol. The number of ether oxygens (including phenoxy) is 1. The third-order valence-corrected chi connectivity index (χ3v) is 4.53. The molecule has 0 spiro atoms. The van der Waals surface area contributed by atoms with Gasteiger partial charge in [-0.25, -0.2) is 4.98 Å². The van der Waals surface area contributed by atoms with Crippen molar-refractivity contribution in [2.24, 2.45) is 5.92 Å². The highest BCUT2D eigenvalue weighted by molar-refractivity contribution is 5.59. The summed E-state index contributed by atoms with van der Waals surface area (Å²) in [5, 5.41) is 11.1. The summed E-state index contributed by atoms with van der Waals surface area (Å²) in [7, 11) is 0. The molecule has 1 heterocycles. The first-order valence-corrected chi connectivity index (χ1v) is 9.81. The highest BCUT2D eigenvalue weighted by atomic mass is 16.6. The van der Waals surface area contributed by atoms with Crippen LogP contribution in [-0.4, -0.2) is 21.5 Å². The Morgan fingerprint density at radius 1 is 1.00 bits per heavy atom. The summed E-state index contributed by atoms with van der Waals surface area (Å²) in [6, 6.07) is 18.4. The molecule has 0 atom stereocenters. The van der Waals surface area contributed by atoms with Crippen LogP contribution in [0, 0.1) is 16.0 Å². The lowest BCUT2D eigenvalue weighted by atomic mass is 10.1. The lowest BCUT2D eigenvalue weighted by Crippen LogP contribution is -2.06. The fraction of sp³-hybridized carbons (Fsp3) is 0.304. The Balaban J connectivity index is 1.83. The molecule has 0 N–H and O–H groups in total.